The van der Waals surface area contributed by atoms with Gasteiger partial charge in [-0.1, -0.05) is 30.3 Å². The zero-order valence-electron chi connectivity index (χ0n) is 11.4. The lowest BCUT2D eigenvalue weighted by atomic mass is 9.98. The summed E-state index contributed by atoms with van der Waals surface area (Å²) in [6, 6.07) is 14.4. The molecule has 2 aromatic heterocycles. The molecule has 2 aromatic carbocycles. The van der Waals surface area contributed by atoms with Crippen molar-refractivity contribution in [2.75, 3.05) is 0 Å². The summed E-state index contributed by atoms with van der Waals surface area (Å²) in [5, 5.41) is 1.19. The lowest BCUT2D eigenvalue weighted by Crippen LogP contribution is -1.92. The van der Waals surface area contributed by atoms with Crippen molar-refractivity contribution >= 4 is 33.7 Å². The van der Waals surface area contributed by atoms with Crippen LogP contribution in [0.3, 0.4) is 0 Å². The summed E-state index contributed by atoms with van der Waals surface area (Å²) in [6.07, 6.45) is 3.97. The van der Waals surface area contributed by atoms with Crippen LogP contribution in [0.15, 0.2) is 48.7 Å². The maximum absolute atomic E-state index is 4.54. The molecule has 21 heavy (non-hydrogen) atoms. The fraction of sp³-hybridized carbons (Fsp3) is 0.0588. The summed E-state index contributed by atoms with van der Waals surface area (Å²) in [6.45, 7) is 2.11. The van der Waals surface area contributed by atoms with Crippen LogP contribution in [0.1, 0.15) is 16.7 Å². The Morgan fingerprint density at radius 2 is 1.81 bits per heavy atom. The average molecular weight is 290 g/mol. The molecule has 0 bridgehead atoms. The molecule has 0 unspecified atom stereocenters. The smallest absolute Gasteiger partial charge is 0.108 e. The van der Waals surface area contributed by atoms with Crippen molar-refractivity contribution in [2.45, 2.75) is 6.92 Å². The number of rotatable bonds is 2. The zero-order valence-corrected chi connectivity index (χ0v) is 12.3. The molecule has 4 rings (SSSR count). The molecule has 0 aliphatic heterocycles. The van der Waals surface area contributed by atoms with Crippen molar-refractivity contribution in [3.05, 3.63) is 71.8 Å². The Balaban J connectivity index is 1.88. The zero-order chi connectivity index (χ0) is 14.2. The van der Waals surface area contributed by atoms with Crippen LogP contribution in [0.4, 0.5) is 0 Å². The van der Waals surface area contributed by atoms with Gasteiger partial charge in [0.2, 0.25) is 0 Å². The molecular weight excluding hydrogens is 278 g/mol. The number of fused-ring (bicyclic) bond motifs is 2. The molecule has 4 aromatic rings. The minimum Gasteiger partial charge on any atom is -0.256 e. The summed E-state index contributed by atoms with van der Waals surface area (Å²) in [5.41, 5.74) is 6.35. The quantitative estimate of drug-likeness (QED) is 0.556. The van der Waals surface area contributed by atoms with Gasteiger partial charge in [-0.15, -0.1) is 0 Å². The molecule has 0 aliphatic carbocycles. The number of hydrogen-bond acceptors (Lipinski definition) is 4. The van der Waals surface area contributed by atoms with Gasteiger partial charge in [-0.3, -0.25) is 4.98 Å². The fourth-order valence-electron chi connectivity index (χ4n) is 2.56. The van der Waals surface area contributed by atoms with Crippen molar-refractivity contribution in [3.63, 3.8) is 0 Å². The second-order valence-electron chi connectivity index (χ2n) is 4.99. The fourth-order valence-corrected chi connectivity index (χ4v) is 3.12. The van der Waals surface area contributed by atoms with E-state index in [-0.39, 0.29) is 0 Å². The Bertz CT molecular complexity index is 943. The van der Waals surface area contributed by atoms with Gasteiger partial charge >= 0.3 is 0 Å². The highest BCUT2D eigenvalue weighted by Crippen LogP contribution is 2.26. The Labute approximate surface area is 126 Å². The number of benzene rings is 2. The summed E-state index contributed by atoms with van der Waals surface area (Å²) in [7, 11) is 0. The average Bonchev–Trinajstić information content (AvgIpc) is 3.00. The van der Waals surface area contributed by atoms with Gasteiger partial charge in [0.05, 0.1) is 17.2 Å². The van der Waals surface area contributed by atoms with Crippen LogP contribution < -0.4 is 0 Å². The minimum atomic E-state index is 0.943. The van der Waals surface area contributed by atoms with E-state index in [2.05, 4.69) is 51.3 Å². The monoisotopic (exact) mass is 290 g/mol. The van der Waals surface area contributed by atoms with Gasteiger partial charge in [-0.2, -0.15) is 8.75 Å². The molecule has 0 saturated carbocycles. The highest BCUT2D eigenvalue weighted by atomic mass is 32.1. The van der Waals surface area contributed by atoms with Crippen LogP contribution in [-0.4, -0.2) is 13.7 Å². The van der Waals surface area contributed by atoms with Crippen LogP contribution >= 0.6 is 11.7 Å². The van der Waals surface area contributed by atoms with E-state index in [1.807, 2.05) is 24.4 Å². The molecule has 0 atom stereocenters. The Morgan fingerprint density at radius 3 is 2.76 bits per heavy atom. The predicted octanol–water partition coefficient (Wildman–Crippen LogP) is 4.15. The van der Waals surface area contributed by atoms with E-state index in [1.165, 1.54) is 22.7 Å². The molecule has 1 radical (unpaired) electrons. The molecule has 0 spiro atoms. The molecule has 0 aliphatic rings. The normalized spacial score (nSPS) is 11.3. The van der Waals surface area contributed by atoms with Gasteiger partial charge < -0.3 is 0 Å². The number of hydrogen-bond donors (Lipinski definition) is 0. The van der Waals surface area contributed by atoms with Crippen molar-refractivity contribution in [2.24, 2.45) is 0 Å². The third-order valence-corrected chi connectivity index (χ3v) is 4.19. The Hall–Kier alpha value is -2.33. The maximum Gasteiger partial charge on any atom is 0.108 e. The number of nitrogens with zero attached hydrogens (tertiary/aromatic N) is 3. The van der Waals surface area contributed by atoms with E-state index in [4.69, 9.17) is 0 Å². The summed E-state index contributed by atoms with van der Waals surface area (Å²) >= 11 is 1.25. The van der Waals surface area contributed by atoms with Crippen molar-refractivity contribution in [1.82, 2.24) is 13.7 Å². The van der Waals surface area contributed by atoms with Gasteiger partial charge in [0.25, 0.3) is 0 Å². The topological polar surface area (TPSA) is 38.7 Å². The third-order valence-electron chi connectivity index (χ3n) is 3.65. The highest BCUT2D eigenvalue weighted by Gasteiger charge is 2.10. The molecule has 101 valence electrons. The molecule has 4 heteroatoms. The third kappa shape index (κ3) is 2.08. The second kappa shape index (κ2) is 4.90. The number of aromatic nitrogens is 3. The van der Waals surface area contributed by atoms with Gasteiger partial charge in [-0.25, -0.2) is 0 Å². The lowest BCUT2D eigenvalue weighted by molar-refractivity contribution is 1.35. The van der Waals surface area contributed by atoms with Crippen LogP contribution in [0.2, 0.25) is 0 Å². The van der Waals surface area contributed by atoms with Gasteiger partial charge in [0, 0.05) is 18.0 Å². The standard InChI is InChI=1S/C17H12N3S/c1-11-7-8-13(16-14(11)5-3-9-18-16)10-12-4-2-6-15-17(12)20-21-19-15/h2-10H,1H3. The van der Waals surface area contributed by atoms with Gasteiger partial charge in [0.15, 0.2) is 0 Å². The van der Waals surface area contributed by atoms with Crippen LogP contribution in [0, 0.1) is 13.3 Å². The van der Waals surface area contributed by atoms with Gasteiger partial charge in [-0.05, 0) is 35.7 Å². The molecule has 0 amide bonds. The van der Waals surface area contributed by atoms with Crippen LogP contribution in [0.25, 0.3) is 21.9 Å². The maximum atomic E-state index is 4.54. The first-order valence-corrected chi connectivity index (χ1v) is 7.46. The van der Waals surface area contributed by atoms with E-state index in [1.54, 1.807) is 0 Å². The first-order chi connectivity index (χ1) is 10.3. The van der Waals surface area contributed by atoms with Crippen LogP contribution in [0.5, 0.6) is 0 Å². The predicted molar refractivity (Wildman–Crippen MR) is 86.4 cm³/mol. The molecule has 2 heterocycles. The summed E-state index contributed by atoms with van der Waals surface area (Å²) in [4.78, 5) is 4.54. The summed E-state index contributed by atoms with van der Waals surface area (Å²) in [5.74, 6) is 0. The van der Waals surface area contributed by atoms with Crippen LogP contribution in [-0.2, 0) is 0 Å². The SMILES string of the molecule is Cc1ccc([CH]c2cccc3nsnc23)c2ncccc12. The van der Waals surface area contributed by atoms with Crippen molar-refractivity contribution < 1.29 is 0 Å². The van der Waals surface area contributed by atoms with Crippen molar-refractivity contribution in [1.29, 1.82) is 0 Å². The van der Waals surface area contributed by atoms with E-state index in [9.17, 15) is 0 Å². The summed E-state index contributed by atoms with van der Waals surface area (Å²) < 4.78 is 8.68. The highest BCUT2D eigenvalue weighted by molar-refractivity contribution is 7.00. The minimum absolute atomic E-state index is 0.943. The first kappa shape index (κ1) is 12.4. The van der Waals surface area contributed by atoms with Crippen molar-refractivity contribution in [3.8, 4) is 0 Å². The van der Waals surface area contributed by atoms with Gasteiger partial charge in [0.1, 0.15) is 11.0 Å². The second-order valence-corrected chi connectivity index (χ2v) is 5.52. The molecule has 3 nitrogen and oxygen atoms in total. The van der Waals surface area contributed by atoms with E-state index in [0.29, 0.717) is 0 Å². The van der Waals surface area contributed by atoms with E-state index < -0.39 is 0 Å². The molecular formula is C17H12N3S. The van der Waals surface area contributed by atoms with E-state index >= 15 is 0 Å². The molecule has 0 N–H and O–H groups in total. The first-order valence-electron chi connectivity index (χ1n) is 6.73. The number of pyridine rings is 1. The molecule has 0 saturated heterocycles. The lowest BCUT2D eigenvalue weighted by Gasteiger charge is -2.08. The Kier molecular flexibility index (Phi) is 2.89. The molecule has 0 fully saturated rings. The van der Waals surface area contributed by atoms with E-state index in [0.717, 1.165) is 27.7 Å². The number of aryl methyl sites for hydroxylation is 1. The Morgan fingerprint density at radius 1 is 0.905 bits per heavy atom. The largest absolute Gasteiger partial charge is 0.256 e.